The maximum Gasteiger partial charge on any atom is 0.205 e. The van der Waals surface area contributed by atoms with Crippen LogP contribution in [0.25, 0.3) is 11.3 Å². The molecule has 158 valence electrons. The number of hydrogen-bond acceptors (Lipinski definition) is 6. The fraction of sp³-hybridized carbons (Fsp3) is 0.273. The average molecular weight is 430 g/mol. The van der Waals surface area contributed by atoms with E-state index >= 15 is 0 Å². The van der Waals surface area contributed by atoms with Crippen molar-refractivity contribution in [1.82, 2.24) is 4.68 Å². The second-order valence-electron chi connectivity index (χ2n) is 6.26. The number of rotatable bonds is 7. The lowest BCUT2D eigenvalue weighted by Crippen LogP contribution is -2.14. The van der Waals surface area contributed by atoms with E-state index in [1.807, 2.05) is 24.4 Å². The topological polar surface area (TPSA) is 57.3 Å². The molecule has 8 heteroatoms. The molecule has 0 fully saturated rings. The summed E-state index contributed by atoms with van der Waals surface area (Å²) in [5.41, 5.74) is 3.34. The van der Waals surface area contributed by atoms with Crippen molar-refractivity contribution >= 4 is 17.0 Å². The molecule has 0 atom stereocenters. The predicted molar refractivity (Wildman–Crippen MR) is 118 cm³/mol. The van der Waals surface area contributed by atoms with E-state index in [4.69, 9.17) is 19.3 Å². The van der Waals surface area contributed by atoms with Gasteiger partial charge in [-0.25, -0.2) is 9.07 Å². The highest BCUT2D eigenvalue weighted by molar-refractivity contribution is 7.07. The molecule has 0 saturated carbocycles. The van der Waals surface area contributed by atoms with Gasteiger partial charge < -0.3 is 14.2 Å². The maximum atomic E-state index is 13.3. The highest BCUT2D eigenvalue weighted by atomic mass is 32.1. The largest absolute Gasteiger partial charge is 0.493 e. The summed E-state index contributed by atoms with van der Waals surface area (Å²) in [6.07, 6.45) is 0.673. The first-order valence-corrected chi connectivity index (χ1v) is 10.2. The van der Waals surface area contributed by atoms with Crippen molar-refractivity contribution in [3.63, 3.8) is 0 Å². The van der Waals surface area contributed by atoms with Crippen molar-refractivity contribution in [1.29, 1.82) is 0 Å². The zero-order valence-corrected chi connectivity index (χ0v) is 18.4. The van der Waals surface area contributed by atoms with E-state index in [-0.39, 0.29) is 5.82 Å². The third-order valence-corrected chi connectivity index (χ3v) is 5.48. The molecule has 1 aromatic heterocycles. The molecule has 0 N–H and O–H groups in total. The quantitative estimate of drug-likeness (QED) is 0.517. The first-order valence-electron chi connectivity index (χ1n) is 9.33. The van der Waals surface area contributed by atoms with Crippen LogP contribution in [0.4, 0.5) is 4.39 Å². The van der Waals surface area contributed by atoms with Crippen molar-refractivity contribution in [3.8, 4) is 28.5 Å². The van der Waals surface area contributed by atoms with Crippen molar-refractivity contribution in [3.05, 3.63) is 58.0 Å². The molecule has 0 saturated heterocycles. The zero-order valence-electron chi connectivity index (χ0n) is 17.6. The summed E-state index contributed by atoms with van der Waals surface area (Å²) in [5, 5.41) is 6.83. The Balaban J connectivity index is 2.20. The molecule has 0 aliphatic carbocycles. The standard InChI is InChI=1S/C22H24FN3O3S/c1-6-17(14-7-9-16(23)10-8-14)25-26-18(13-30-22(26)24-2)15-11-19(27-3)21(29-5)20(12-15)28-4/h7-13H,6H2,1-5H3. The van der Waals surface area contributed by atoms with E-state index in [1.165, 1.54) is 23.5 Å². The van der Waals surface area contributed by atoms with Crippen molar-refractivity contribution in [2.75, 3.05) is 28.4 Å². The Morgan fingerprint density at radius 2 is 1.67 bits per heavy atom. The van der Waals surface area contributed by atoms with E-state index in [0.29, 0.717) is 23.7 Å². The van der Waals surface area contributed by atoms with Gasteiger partial charge in [0.25, 0.3) is 0 Å². The maximum absolute atomic E-state index is 13.3. The Morgan fingerprint density at radius 3 is 2.17 bits per heavy atom. The van der Waals surface area contributed by atoms with Crippen LogP contribution in [0.2, 0.25) is 0 Å². The fourth-order valence-corrected chi connectivity index (χ4v) is 3.87. The van der Waals surface area contributed by atoms with Gasteiger partial charge in [0.05, 0.1) is 32.7 Å². The highest BCUT2D eigenvalue weighted by Crippen LogP contribution is 2.41. The van der Waals surface area contributed by atoms with Crippen LogP contribution in [0.1, 0.15) is 18.9 Å². The summed E-state index contributed by atoms with van der Waals surface area (Å²) < 4.78 is 31.5. The molecule has 0 amide bonds. The average Bonchev–Trinajstić information content (AvgIpc) is 3.19. The molecule has 30 heavy (non-hydrogen) atoms. The minimum Gasteiger partial charge on any atom is -0.493 e. The lowest BCUT2D eigenvalue weighted by molar-refractivity contribution is 0.324. The van der Waals surface area contributed by atoms with E-state index in [2.05, 4.69) is 4.99 Å². The number of aromatic nitrogens is 1. The van der Waals surface area contributed by atoms with Crippen LogP contribution in [0.3, 0.4) is 0 Å². The monoisotopic (exact) mass is 429 g/mol. The van der Waals surface area contributed by atoms with Crippen LogP contribution in [0.15, 0.2) is 51.9 Å². The predicted octanol–water partition coefficient (Wildman–Crippen LogP) is 4.57. The summed E-state index contributed by atoms with van der Waals surface area (Å²) in [6, 6.07) is 10.1. The first kappa shape index (κ1) is 21.6. The van der Waals surface area contributed by atoms with Gasteiger partial charge in [-0.05, 0) is 36.2 Å². The third-order valence-electron chi connectivity index (χ3n) is 4.57. The van der Waals surface area contributed by atoms with Crippen LogP contribution in [0, 0.1) is 5.82 Å². The van der Waals surface area contributed by atoms with Gasteiger partial charge in [-0.2, -0.15) is 5.10 Å². The molecule has 6 nitrogen and oxygen atoms in total. The Hall–Kier alpha value is -3.13. The Morgan fingerprint density at radius 1 is 1.03 bits per heavy atom. The van der Waals surface area contributed by atoms with Gasteiger partial charge in [0.1, 0.15) is 5.82 Å². The second-order valence-corrected chi connectivity index (χ2v) is 7.10. The van der Waals surface area contributed by atoms with Crippen LogP contribution in [-0.2, 0) is 0 Å². The lowest BCUT2D eigenvalue weighted by Gasteiger charge is -2.14. The smallest absolute Gasteiger partial charge is 0.205 e. The molecule has 0 aliphatic rings. The number of benzene rings is 2. The van der Waals surface area contributed by atoms with Crippen LogP contribution < -0.4 is 19.0 Å². The SMILES string of the molecule is CCC(=Nn1c(-c2cc(OC)c(OC)c(OC)c2)csc1=NC)c1ccc(F)cc1. The lowest BCUT2D eigenvalue weighted by atomic mass is 10.1. The number of thiazole rings is 1. The van der Waals surface area contributed by atoms with Crippen molar-refractivity contribution < 1.29 is 18.6 Å². The molecular formula is C22H24FN3O3S. The molecule has 3 aromatic rings. The number of ether oxygens (including phenoxy) is 3. The number of halogens is 1. The molecule has 0 spiro atoms. The molecule has 1 heterocycles. The van der Waals surface area contributed by atoms with Crippen LogP contribution >= 0.6 is 11.3 Å². The summed E-state index contributed by atoms with van der Waals surface area (Å²) in [4.78, 5) is 5.09. The first-order chi connectivity index (χ1) is 14.6. The molecular weight excluding hydrogens is 405 g/mol. The molecule has 2 aromatic carbocycles. The summed E-state index contributed by atoms with van der Waals surface area (Å²) >= 11 is 1.47. The number of hydrogen-bond donors (Lipinski definition) is 0. The summed E-state index contributed by atoms with van der Waals surface area (Å²) in [7, 11) is 6.45. The number of nitrogens with zero attached hydrogens (tertiary/aromatic N) is 3. The van der Waals surface area contributed by atoms with Gasteiger partial charge in [0, 0.05) is 18.0 Å². The Bertz CT molecular complexity index is 1090. The van der Waals surface area contributed by atoms with Crippen LogP contribution in [0.5, 0.6) is 17.2 Å². The number of methoxy groups -OCH3 is 3. The van der Waals surface area contributed by atoms with E-state index in [1.54, 1.807) is 45.2 Å². The van der Waals surface area contributed by atoms with Crippen molar-refractivity contribution in [2.24, 2.45) is 10.1 Å². The second kappa shape index (κ2) is 9.58. The van der Waals surface area contributed by atoms with E-state index in [9.17, 15) is 4.39 Å². The normalized spacial score (nSPS) is 12.2. The molecule has 0 unspecified atom stereocenters. The molecule has 3 rings (SSSR count). The van der Waals surface area contributed by atoms with E-state index in [0.717, 1.165) is 27.3 Å². The van der Waals surface area contributed by atoms with Gasteiger partial charge in [-0.15, -0.1) is 11.3 Å². The fourth-order valence-electron chi connectivity index (χ4n) is 3.07. The Labute approximate surface area is 178 Å². The summed E-state index contributed by atoms with van der Waals surface area (Å²) in [5.74, 6) is 1.35. The van der Waals surface area contributed by atoms with Crippen molar-refractivity contribution in [2.45, 2.75) is 13.3 Å². The Kier molecular flexibility index (Phi) is 6.89. The minimum absolute atomic E-state index is 0.278. The van der Waals surface area contributed by atoms with Gasteiger partial charge in [-0.3, -0.25) is 4.99 Å². The minimum atomic E-state index is -0.278. The van der Waals surface area contributed by atoms with Crippen LogP contribution in [-0.4, -0.2) is 38.8 Å². The highest BCUT2D eigenvalue weighted by Gasteiger charge is 2.17. The third kappa shape index (κ3) is 4.23. The van der Waals surface area contributed by atoms with E-state index < -0.39 is 0 Å². The summed E-state index contributed by atoms with van der Waals surface area (Å²) in [6.45, 7) is 2.01. The van der Waals surface area contributed by atoms with Gasteiger partial charge in [-0.1, -0.05) is 19.1 Å². The van der Waals surface area contributed by atoms with Gasteiger partial charge in [0.15, 0.2) is 11.5 Å². The zero-order chi connectivity index (χ0) is 21.7. The van der Waals surface area contributed by atoms with Gasteiger partial charge >= 0.3 is 0 Å². The molecule has 0 aliphatic heterocycles. The van der Waals surface area contributed by atoms with Gasteiger partial charge in [0.2, 0.25) is 10.6 Å². The molecule has 0 bridgehead atoms. The molecule has 0 radical (unpaired) electrons.